The van der Waals surface area contributed by atoms with Gasteiger partial charge in [0.25, 0.3) is 0 Å². The molecule has 0 heterocycles. The van der Waals surface area contributed by atoms with Crippen molar-refractivity contribution in [1.82, 2.24) is 0 Å². The minimum absolute atomic E-state index is 0.0344. The van der Waals surface area contributed by atoms with Gasteiger partial charge in [-0.15, -0.1) is 0 Å². The fraction of sp³-hybridized carbons (Fsp3) is 0.125. The summed E-state index contributed by atoms with van der Waals surface area (Å²) in [5.41, 5.74) is 2.02. The van der Waals surface area contributed by atoms with Gasteiger partial charge in [-0.05, 0) is 11.1 Å². The second-order valence-corrected chi connectivity index (χ2v) is 4.66. The molecule has 0 aromatic heterocycles. The Bertz CT molecular complexity index is 645. The molecule has 0 saturated heterocycles. The number of fused-ring (bicyclic) bond motifs is 3. The van der Waals surface area contributed by atoms with Crippen LogP contribution in [0, 0.1) is 0 Å². The molecule has 0 amide bonds. The fourth-order valence-electron chi connectivity index (χ4n) is 2.92. The topological polar surface area (TPSA) is 63.6 Å². The first-order valence-corrected chi connectivity index (χ1v) is 6.24. The first kappa shape index (κ1) is 12.4. The molecule has 1 aliphatic carbocycles. The molecule has 0 bridgehead atoms. The zero-order chi connectivity index (χ0) is 14.2. The SMILES string of the molecule is O=CCC1(OC(=O)O)c2ccccc2-c2ccccc21. The summed E-state index contributed by atoms with van der Waals surface area (Å²) in [6.07, 6.45) is -0.729. The van der Waals surface area contributed by atoms with E-state index < -0.39 is 11.8 Å². The number of carbonyl (C=O) groups excluding carboxylic acids is 1. The lowest BCUT2D eigenvalue weighted by molar-refractivity contribution is -0.111. The van der Waals surface area contributed by atoms with Crippen molar-refractivity contribution in [2.75, 3.05) is 0 Å². The number of carbonyl (C=O) groups is 2. The molecule has 2 aromatic rings. The third-order valence-corrected chi connectivity index (χ3v) is 3.65. The maximum Gasteiger partial charge on any atom is 0.507 e. The molecule has 20 heavy (non-hydrogen) atoms. The Morgan fingerprint density at radius 2 is 1.55 bits per heavy atom. The minimum atomic E-state index is -1.39. The molecule has 1 N–H and O–H groups in total. The Morgan fingerprint density at radius 1 is 1.05 bits per heavy atom. The summed E-state index contributed by atoms with van der Waals surface area (Å²) in [6.45, 7) is 0. The van der Waals surface area contributed by atoms with E-state index in [0.717, 1.165) is 22.3 Å². The molecule has 3 rings (SSSR count). The lowest BCUT2D eigenvalue weighted by Gasteiger charge is -2.28. The van der Waals surface area contributed by atoms with Crippen LogP contribution in [-0.4, -0.2) is 17.5 Å². The van der Waals surface area contributed by atoms with E-state index in [9.17, 15) is 9.59 Å². The average Bonchev–Trinajstić information content (AvgIpc) is 2.71. The number of rotatable bonds is 3. The predicted octanol–water partition coefficient (Wildman–Crippen LogP) is 3.19. The normalized spacial score (nSPS) is 14.2. The van der Waals surface area contributed by atoms with Crippen LogP contribution in [0.25, 0.3) is 11.1 Å². The van der Waals surface area contributed by atoms with Crippen molar-refractivity contribution in [1.29, 1.82) is 0 Å². The van der Waals surface area contributed by atoms with Crippen molar-refractivity contribution in [3.63, 3.8) is 0 Å². The summed E-state index contributed by atoms with van der Waals surface area (Å²) >= 11 is 0. The average molecular weight is 268 g/mol. The third kappa shape index (κ3) is 1.61. The number of carboxylic acid groups (broad SMARTS) is 1. The van der Waals surface area contributed by atoms with Crippen LogP contribution in [-0.2, 0) is 15.1 Å². The molecular formula is C16H12O4. The predicted molar refractivity (Wildman–Crippen MR) is 72.4 cm³/mol. The van der Waals surface area contributed by atoms with Gasteiger partial charge < -0.3 is 14.6 Å². The van der Waals surface area contributed by atoms with Crippen LogP contribution in [0.1, 0.15) is 17.5 Å². The van der Waals surface area contributed by atoms with Gasteiger partial charge in [0, 0.05) is 11.1 Å². The molecule has 4 heteroatoms. The van der Waals surface area contributed by atoms with Gasteiger partial charge >= 0.3 is 6.16 Å². The maximum atomic E-state index is 11.1. The number of ether oxygens (including phenoxy) is 1. The fourth-order valence-corrected chi connectivity index (χ4v) is 2.92. The third-order valence-electron chi connectivity index (χ3n) is 3.65. The van der Waals surface area contributed by atoms with Gasteiger partial charge in [-0.1, -0.05) is 48.5 Å². The zero-order valence-corrected chi connectivity index (χ0v) is 10.6. The second kappa shape index (κ2) is 4.49. The van der Waals surface area contributed by atoms with Crippen LogP contribution < -0.4 is 0 Å². The molecule has 0 fully saturated rings. The van der Waals surface area contributed by atoms with Gasteiger partial charge in [0.1, 0.15) is 6.29 Å². The Hall–Kier alpha value is -2.62. The van der Waals surface area contributed by atoms with E-state index in [2.05, 4.69) is 0 Å². The molecule has 0 saturated carbocycles. The van der Waals surface area contributed by atoms with Crippen molar-refractivity contribution < 1.29 is 19.4 Å². The number of benzene rings is 2. The van der Waals surface area contributed by atoms with Gasteiger partial charge in [-0.25, -0.2) is 4.79 Å². The van der Waals surface area contributed by atoms with Crippen LogP contribution in [0.3, 0.4) is 0 Å². The lowest BCUT2D eigenvalue weighted by atomic mass is 9.88. The van der Waals surface area contributed by atoms with Gasteiger partial charge in [0.15, 0.2) is 5.60 Å². The summed E-state index contributed by atoms with van der Waals surface area (Å²) in [5, 5.41) is 9.08. The van der Waals surface area contributed by atoms with E-state index in [-0.39, 0.29) is 6.42 Å². The first-order chi connectivity index (χ1) is 9.69. The molecule has 0 radical (unpaired) electrons. The quantitative estimate of drug-likeness (QED) is 0.686. The highest BCUT2D eigenvalue weighted by Crippen LogP contribution is 2.50. The van der Waals surface area contributed by atoms with Crippen molar-refractivity contribution >= 4 is 12.4 Å². The molecule has 0 spiro atoms. The molecule has 2 aromatic carbocycles. The van der Waals surface area contributed by atoms with Crippen LogP contribution in [0.2, 0.25) is 0 Å². The summed E-state index contributed by atoms with van der Waals surface area (Å²) in [4.78, 5) is 22.2. The molecule has 0 unspecified atom stereocenters. The van der Waals surface area contributed by atoms with Crippen LogP contribution in [0.4, 0.5) is 4.79 Å². The Kier molecular flexibility index (Phi) is 2.79. The lowest BCUT2D eigenvalue weighted by Crippen LogP contribution is -2.31. The summed E-state index contributed by atoms with van der Waals surface area (Å²) in [5.74, 6) is 0. The summed E-state index contributed by atoms with van der Waals surface area (Å²) in [6, 6.07) is 14.8. The van der Waals surface area contributed by atoms with E-state index in [1.54, 1.807) is 0 Å². The second-order valence-electron chi connectivity index (χ2n) is 4.66. The van der Waals surface area contributed by atoms with Gasteiger partial charge in [0.2, 0.25) is 0 Å². The van der Waals surface area contributed by atoms with Crippen LogP contribution in [0.5, 0.6) is 0 Å². The number of aldehydes is 1. The molecule has 100 valence electrons. The molecule has 4 nitrogen and oxygen atoms in total. The van der Waals surface area contributed by atoms with Crippen molar-refractivity contribution in [2.45, 2.75) is 12.0 Å². The van der Waals surface area contributed by atoms with Crippen molar-refractivity contribution in [3.8, 4) is 11.1 Å². The van der Waals surface area contributed by atoms with Crippen molar-refractivity contribution in [3.05, 3.63) is 59.7 Å². The Labute approximate surface area is 115 Å². The summed E-state index contributed by atoms with van der Waals surface area (Å²) < 4.78 is 5.18. The van der Waals surface area contributed by atoms with Crippen LogP contribution >= 0.6 is 0 Å². The summed E-state index contributed by atoms with van der Waals surface area (Å²) in [7, 11) is 0. The standard InChI is InChI=1S/C16H12O4/c17-10-9-16(20-15(18)19)13-7-3-1-5-11(13)12-6-2-4-8-14(12)16/h1-8,10H,9H2,(H,18,19). The van der Waals surface area contributed by atoms with E-state index in [4.69, 9.17) is 9.84 Å². The monoisotopic (exact) mass is 268 g/mol. The molecule has 0 atom stereocenters. The highest BCUT2D eigenvalue weighted by atomic mass is 16.7. The highest BCUT2D eigenvalue weighted by Gasteiger charge is 2.46. The van der Waals surface area contributed by atoms with E-state index in [1.165, 1.54) is 0 Å². The van der Waals surface area contributed by atoms with Gasteiger partial charge in [0.05, 0.1) is 6.42 Å². The van der Waals surface area contributed by atoms with Gasteiger partial charge in [-0.3, -0.25) is 0 Å². The zero-order valence-electron chi connectivity index (χ0n) is 10.6. The largest absolute Gasteiger partial charge is 0.507 e. The first-order valence-electron chi connectivity index (χ1n) is 6.24. The maximum absolute atomic E-state index is 11.1. The Balaban J connectivity index is 2.32. The molecule has 0 aliphatic heterocycles. The van der Waals surface area contributed by atoms with Crippen LogP contribution in [0.15, 0.2) is 48.5 Å². The molecular weight excluding hydrogens is 256 g/mol. The number of hydrogen-bond acceptors (Lipinski definition) is 3. The van der Waals surface area contributed by atoms with E-state index in [0.29, 0.717) is 6.29 Å². The minimum Gasteiger partial charge on any atom is -0.450 e. The number of hydrogen-bond donors (Lipinski definition) is 1. The van der Waals surface area contributed by atoms with Crippen molar-refractivity contribution in [2.24, 2.45) is 0 Å². The van der Waals surface area contributed by atoms with E-state index >= 15 is 0 Å². The Morgan fingerprint density at radius 3 is 2.00 bits per heavy atom. The molecule has 1 aliphatic rings. The van der Waals surface area contributed by atoms with E-state index in [1.807, 2.05) is 48.5 Å². The van der Waals surface area contributed by atoms with Gasteiger partial charge in [-0.2, -0.15) is 0 Å². The highest BCUT2D eigenvalue weighted by molar-refractivity contribution is 5.82. The smallest absolute Gasteiger partial charge is 0.450 e.